The Morgan fingerprint density at radius 3 is 2.67 bits per heavy atom. The Hall–Kier alpha value is -2.15. The van der Waals surface area contributed by atoms with E-state index in [1.165, 1.54) is 13.0 Å². The van der Waals surface area contributed by atoms with Crippen LogP contribution in [0.3, 0.4) is 0 Å². The van der Waals surface area contributed by atoms with Crippen molar-refractivity contribution < 1.29 is 14.3 Å². The topological polar surface area (TPSA) is 67.2 Å². The number of carbonyl (C=O) groups is 2. The molecule has 4 nitrogen and oxygen atoms in total. The Balaban J connectivity index is 2.83. The van der Waals surface area contributed by atoms with Crippen molar-refractivity contribution >= 4 is 11.8 Å². The lowest BCUT2D eigenvalue weighted by Gasteiger charge is -2.02. The van der Waals surface area contributed by atoms with Crippen LogP contribution in [0.5, 0.6) is 0 Å². The second kappa shape index (κ2) is 4.91. The van der Waals surface area contributed by atoms with Gasteiger partial charge in [0.1, 0.15) is 0 Å². The fraction of sp³-hybridized carbons (Fsp3) is 0.182. The van der Waals surface area contributed by atoms with Crippen LogP contribution in [-0.4, -0.2) is 18.4 Å². The Morgan fingerprint density at radius 2 is 2.07 bits per heavy atom. The van der Waals surface area contributed by atoms with E-state index < -0.39 is 5.97 Å². The van der Waals surface area contributed by atoms with Gasteiger partial charge in [0.2, 0.25) is 5.78 Å². The van der Waals surface area contributed by atoms with Gasteiger partial charge in [-0.05, 0) is 12.1 Å². The summed E-state index contributed by atoms with van der Waals surface area (Å²) < 4.78 is 4.56. The molecule has 1 rings (SSSR count). The molecule has 0 aliphatic heterocycles. The van der Waals surface area contributed by atoms with Crippen LogP contribution in [-0.2, 0) is 9.53 Å². The molecule has 1 aromatic carbocycles. The number of nitriles is 1. The molecule has 0 bridgehead atoms. The minimum atomic E-state index is -0.516. The average molecular weight is 203 g/mol. The van der Waals surface area contributed by atoms with Crippen LogP contribution >= 0.6 is 0 Å². The van der Waals surface area contributed by atoms with E-state index in [-0.39, 0.29) is 23.5 Å². The normalized spacial score (nSPS) is 9.07. The molecule has 0 aliphatic carbocycles. The van der Waals surface area contributed by atoms with Crippen LogP contribution in [0.4, 0.5) is 0 Å². The van der Waals surface area contributed by atoms with E-state index in [0.717, 1.165) is 0 Å². The van der Waals surface area contributed by atoms with Crippen LogP contribution in [0.25, 0.3) is 0 Å². The number of Topliss-reactive ketones (excluding diaryl/α,β-unsaturated/α-hetero) is 1. The molecule has 15 heavy (non-hydrogen) atoms. The Kier molecular flexibility index (Phi) is 3.58. The number of hydrogen-bond donors (Lipinski definition) is 0. The first-order valence-electron chi connectivity index (χ1n) is 4.31. The highest BCUT2D eigenvalue weighted by Crippen LogP contribution is 2.08. The van der Waals surface area contributed by atoms with Crippen LogP contribution in [0.15, 0.2) is 24.3 Å². The predicted octanol–water partition coefficient (Wildman–Crippen LogP) is 1.30. The minimum Gasteiger partial charge on any atom is -0.457 e. The van der Waals surface area contributed by atoms with E-state index >= 15 is 0 Å². The van der Waals surface area contributed by atoms with Crippen molar-refractivity contribution in [2.45, 2.75) is 6.92 Å². The maximum atomic E-state index is 11.5. The lowest BCUT2D eigenvalue weighted by Crippen LogP contribution is -2.13. The van der Waals surface area contributed by atoms with E-state index in [1.807, 2.05) is 6.07 Å². The monoisotopic (exact) mass is 203 g/mol. The summed E-state index contributed by atoms with van der Waals surface area (Å²) in [5, 5.41) is 8.73. The van der Waals surface area contributed by atoms with Gasteiger partial charge in [0, 0.05) is 12.5 Å². The molecule has 76 valence electrons. The zero-order valence-electron chi connectivity index (χ0n) is 8.19. The molecular weight excluding hydrogens is 194 g/mol. The van der Waals surface area contributed by atoms with Crippen molar-refractivity contribution in [2.75, 3.05) is 6.61 Å². The van der Waals surface area contributed by atoms with Gasteiger partial charge in [-0.3, -0.25) is 9.59 Å². The number of carbonyl (C=O) groups excluding carboxylic acids is 2. The zero-order chi connectivity index (χ0) is 11.3. The van der Waals surface area contributed by atoms with Gasteiger partial charge in [-0.2, -0.15) is 5.26 Å². The molecule has 0 saturated heterocycles. The number of ketones is 1. The molecule has 1 aromatic rings. The van der Waals surface area contributed by atoms with Crippen molar-refractivity contribution in [3.8, 4) is 6.07 Å². The number of esters is 1. The second-order valence-electron chi connectivity index (χ2n) is 2.86. The molecule has 0 N–H and O–H groups in total. The van der Waals surface area contributed by atoms with Gasteiger partial charge >= 0.3 is 5.97 Å². The maximum Gasteiger partial charge on any atom is 0.303 e. The largest absolute Gasteiger partial charge is 0.457 e. The van der Waals surface area contributed by atoms with Gasteiger partial charge in [-0.15, -0.1) is 0 Å². The molecule has 0 aliphatic rings. The third kappa shape index (κ3) is 2.92. The summed E-state index contributed by atoms with van der Waals surface area (Å²) in [6.07, 6.45) is 0. The number of rotatable bonds is 3. The summed E-state index contributed by atoms with van der Waals surface area (Å²) in [5.41, 5.74) is 0.566. The van der Waals surface area contributed by atoms with Gasteiger partial charge in [-0.1, -0.05) is 12.1 Å². The van der Waals surface area contributed by atoms with Crippen LogP contribution < -0.4 is 0 Å². The third-order valence-corrected chi connectivity index (χ3v) is 1.75. The molecule has 0 saturated carbocycles. The quantitative estimate of drug-likeness (QED) is 0.548. The lowest BCUT2D eigenvalue weighted by atomic mass is 10.1. The number of ether oxygens (including phenoxy) is 1. The van der Waals surface area contributed by atoms with Gasteiger partial charge in [0.05, 0.1) is 11.6 Å². The molecule has 0 fully saturated rings. The standard InChI is InChI=1S/C11H9NO3/c1-8(13)15-7-11(14)10-5-3-2-4-9(10)6-12/h2-5H,7H2,1H3. The van der Waals surface area contributed by atoms with Crippen LogP contribution in [0, 0.1) is 11.3 Å². The predicted molar refractivity (Wildman–Crippen MR) is 52.1 cm³/mol. The van der Waals surface area contributed by atoms with E-state index in [9.17, 15) is 9.59 Å². The maximum absolute atomic E-state index is 11.5. The molecule has 0 amide bonds. The fourth-order valence-electron chi connectivity index (χ4n) is 1.07. The summed E-state index contributed by atoms with van der Waals surface area (Å²) in [6.45, 7) is 0.900. The summed E-state index contributed by atoms with van der Waals surface area (Å²) >= 11 is 0. The molecule has 4 heteroatoms. The highest BCUT2D eigenvalue weighted by Gasteiger charge is 2.11. The molecule has 0 spiro atoms. The minimum absolute atomic E-state index is 0.279. The number of nitrogens with zero attached hydrogens (tertiary/aromatic N) is 1. The Labute approximate surface area is 87.1 Å². The molecule has 0 aromatic heterocycles. The average Bonchev–Trinajstić information content (AvgIpc) is 2.25. The molecule has 0 heterocycles. The smallest absolute Gasteiger partial charge is 0.303 e. The van der Waals surface area contributed by atoms with Crippen molar-refractivity contribution in [2.24, 2.45) is 0 Å². The highest BCUT2D eigenvalue weighted by atomic mass is 16.5. The van der Waals surface area contributed by atoms with Gasteiger partial charge in [0.25, 0.3) is 0 Å². The number of hydrogen-bond acceptors (Lipinski definition) is 4. The van der Waals surface area contributed by atoms with Gasteiger partial charge in [0.15, 0.2) is 6.61 Å². The second-order valence-corrected chi connectivity index (χ2v) is 2.86. The summed E-state index contributed by atoms with van der Waals surface area (Å²) in [4.78, 5) is 22.0. The van der Waals surface area contributed by atoms with Crippen molar-refractivity contribution in [3.05, 3.63) is 35.4 Å². The zero-order valence-corrected chi connectivity index (χ0v) is 8.19. The summed E-state index contributed by atoms with van der Waals surface area (Å²) in [5.74, 6) is -0.889. The fourth-order valence-corrected chi connectivity index (χ4v) is 1.07. The first-order chi connectivity index (χ1) is 7.15. The Bertz CT molecular complexity index is 432. The third-order valence-electron chi connectivity index (χ3n) is 1.75. The lowest BCUT2D eigenvalue weighted by molar-refractivity contribution is -0.139. The van der Waals surface area contributed by atoms with Crippen LogP contribution in [0.2, 0.25) is 0 Å². The van der Waals surface area contributed by atoms with Crippen molar-refractivity contribution in [1.29, 1.82) is 5.26 Å². The first kappa shape index (κ1) is 10.9. The summed E-state index contributed by atoms with van der Waals surface area (Å²) in [6, 6.07) is 8.30. The molecule has 0 radical (unpaired) electrons. The SMILES string of the molecule is CC(=O)OCC(=O)c1ccccc1C#N. The highest BCUT2D eigenvalue weighted by molar-refractivity contribution is 5.99. The van der Waals surface area contributed by atoms with E-state index in [2.05, 4.69) is 4.74 Å². The van der Waals surface area contributed by atoms with Crippen molar-refractivity contribution in [1.82, 2.24) is 0 Å². The van der Waals surface area contributed by atoms with E-state index in [4.69, 9.17) is 5.26 Å². The van der Waals surface area contributed by atoms with Crippen molar-refractivity contribution in [3.63, 3.8) is 0 Å². The Morgan fingerprint density at radius 1 is 1.40 bits per heavy atom. The summed E-state index contributed by atoms with van der Waals surface area (Å²) in [7, 11) is 0. The molecular formula is C11H9NO3. The van der Waals surface area contributed by atoms with E-state index in [0.29, 0.717) is 0 Å². The van der Waals surface area contributed by atoms with E-state index in [1.54, 1.807) is 18.2 Å². The van der Waals surface area contributed by atoms with Gasteiger partial charge < -0.3 is 4.74 Å². The number of benzene rings is 1. The molecule has 0 unspecified atom stereocenters. The van der Waals surface area contributed by atoms with Gasteiger partial charge in [-0.25, -0.2) is 0 Å². The van der Waals surface area contributed by atoms with Crippen LogP contribution in [0.1, 0.15) is 22.8 Å². The first-order valence-corrected chi connectivity index (χ1v) is 4.31. The molecule has 0 atom stereocenters.